The van der Waals surface area contributed by atoms with Crippen LogP contribution in [0.15, 0.2) is 35.2 Å². The molecule has 0 aliphatic rings. The van der Waals surface area contributed by atoms with Crippen LogP contribution in [0.2, 0.25) is 0 Å². The normalized spacial score (nSPS) is 10.3. The Bertz CT molecular complexity index is 504. The lowest BCUT2D eigenvalue weighted by atomic mass is 10.4. The van der Waals surface area contributed by atoms with E-state index in [0.29, 0.717) is 13.1 Å². The van der Waals surface area contributed by atoms with Crippen LogP contribution in [0.5, 0.6) is 0 Å². The summed E-state index contributed by atoms with van der Waals surface area (Å²) in [4.78, 5) is 17.6. The molecule has 0 saturated heterocycles. The second-order valence-electron chi connectivity index (χ2n) is 4.05. The van der Waals surface area contributed by atoms with Gasteiger partial charge in [-0.05, 0) is 12.1 Å². The topological polar surface area (TPSA) is 63.3 Å². The number of hydrogen-bond donors (Lipinski definition) is 1. The first-order chi connectivity index (χ1) is 8.66. The first kappa shape index (κ1) is 12.2. The van der Waals surface area contributed by atoms with Crippen LogP contribution >= 0.6 is 0 Å². The Morgan fingerprint density at radius 2 is 2.44 bits per heavy atom. The van der Waals surface area contributed by atoms with E-state index < -0.39 is 0 Å². The first-order valence-corrected chi connectivity index (χ1v) is 5.64. The van der Waals surface area contributed by atoms with Crippen molar-refractivity contribution in [2.45, 2.75) is 13.1 Å². The molecule has 6 heteroatoms. The summed E-state index contributed by atoms with van der Waals surface area (Å²) in [5, 5.41) is 2.77. The number of nitrogens with zero attached hydrogens (tertiary/aromatic N) is 3. The number of hydrogen-bond acceptors (Lipinski definition) is 3. The molecule has 2 rings (SSSR count). The molecule has 2 amide bonds. The first-order valence-electron chi connectivity index (χ1n) is 5.64. The largest absolute Gasteiger partial charge is 0.467 e. The summed E-state index contributed by atoms with van der Waals surface area (Å²) in [6, 6.07) is 3.45. The van der Waals surface area contributed by atoms with Crippen LogP contribution in [0.4, 0.5) is 4.79 Å². The van der Waals surface area contributed by atoms with Crippen molar-refractivity contribution in [3.8, 4) is 0 Å². The fourth-order valence-corrected chi connectivity index (χ4v) is 1.54. The summed E-state index contributed by atoms with van der Waals surface area (Å²) < 4.78 is 7.02. The summed E-state index contributed by atoms with van der Waals surface area (Å²) in [6.45, 7) is 0.851. The molecule has 0 radical (unpaired) electrons. The fraction of sp³-hybridized carbons (Fsp3) is 0.333. The number of amides is 2. The SMILES string of the molecule is CN(Cc1nccn1C)C(=O)NCc1ccco1. The van der Waals surface area contributed by atoms with Gasteiger partial charge in [-0.25, -0.2) is 9.78 Å². The molecule has 0 bridgehead atoms. The lowest BCUT2D eigenvalue weighted by Crippen LogP contribution is -2.36. The minimum absolute atomic E-state index is 0.158. The van der Waals surface area contributed by atoms with Gasteiger partial charge in [-0.15, -0.1) is 0 Å². The van der Waals surface area contributed by atoms with Crippen LogP contribution in [-0.4, -0.2) is 27.5 Å². The standard InChI is InChI=1S/C12H16N4O2/c1-15-6-5-13-11(15)9-16(2)12(17)14-8-10-4-3-7-18-10/h3-7H,8-9H2,1-2H3,(H,14,17). The third kappa shape index (κ3) is 2.91. The van der Waals surface area contributed by atoms with Crippen LogP contribution in [0.3, 0.4) is 0 Å². The van der Waals surface area contributed by atoms with Gasteiger partial charge >= 0.3 is 6.03 Å². The number of rotatable bonds is 4. The Labute approximate surface area is 105 Å². The zero-order chi connectivity index (χ0) is 13.0. The van der Waals surface area contributed by atoms with E-state index in [-0.39, 0.29) is 6.03 Å². The maximum Gasteiger partial charge on any atom is 0.317 e. The predicted octanol–water partition coefficient (Wildman–Crippen LogP) is 1.35. The van der Waals surface area contributed by atoms with E-state index in [1.54, 1.807) is 30.5 Å². The molecule has 2 heterocycles. The quantitative estimate of drug-likeness (QED) is 0.888. The van der Waals surface area contributed by atoms with Crippen LogP contribution in [0.1, 0.15) is 11.6 Å². The van der Waals surface area contributed by atoms with Crippen molar-refractivity contribution in [1.82, 2.24) is 19.8 Å². The van der Waals surface area contributed by atoms with Crippen molar-refractivity contribution in [1.29, 1.82) is 0 Å². The summed E-state index contributed by atoms with van der Waals surface area (Å²) in [5.41, 5.74) is 0. The second kappa shape index (κ2) is 5.39. The van der Waals surface area contributed by atoms with Gasteiger partial charge in [-0.2, -0.15) is 0 Å². The third-order valence-corrected chi connectivity index (χ3v) is 2.64. The van der Waals surface area contributed by atoms with Crippen molar-refractivity contribution in [2.75, 3.05) is 7.05 Å². The average molecular weight is 248 g/mol. The molecule has 0 atom stereocenters. The molecule has 0 aromatic carbocycles. The Morgan fingerprint density at radius 1 is 1.61 bits per heavy atom. The molecule has 18 heavy (non-hydrogen) atoms. The number of aryl methyl sites for hydroxylation is 1. The van der Waals surface area contributed by atoms with Crippen molar-refractivity contribution < 1.29 is 9.21 Å². The highest BCUT2D eigenvalue weighted by molar-refractivity contribution is 5.73. The van der Waals surface area contributed by atoms with Crippen molar-refractivity contribution >= 4 is 6.03 Å². The maximum atomic E-state index is 11.8. The smallest absolute Gasteiger partial charge is 0.317 e. The number of nitrogens with one attached hydrogen (secondary N) is 1. The molecule has 6 nitrogen and oxygen atoms in total. The van der Waals surface area contributed by atoms with Gasteiger partial charge in [0.15, 0.2) is 0 Å². The number of urea groups is 1. The minimum Gasteiger partial charge on any atom is -0.467 e. The Balaban J connectivity index is 1.83. The van der Waals surface area contributed by atoms with Crippen LogP contribution < -0.4 is 5.32 Å². The monoisotopic (exact) mass is 248 g/mol. The summed E-state index contributed by atoms with van der Waals surface area (Å²) in [7, 11) is 3.63. The van der Waals surface area contributed by atoms with Crippen molar-refractivity contribution in [2.24, 2.45) is 7.05 Å². The third-order valence-electron chi connectivity index (χ3n) is 2.64. The zero-order valence-electron chi connectivity index (χ0n) is 10.5. The molecule has 2 aromatic rings. The van der Waals surface area contributed by atoms with Gasteiger partial charge in [0.1, 0.15) is 11.6 Å². The van der Waals surface area contributed by atoms with Gasteiger partial charge in [0.2, 0.25) is 0 Å². The van der Waals surface area contributed by atoms with Crippen molar-refractivity contribution in [3.63, 3.8) is 0 Å². The highest BCUT2D eigenvalue weighted by atomic mass is 16.3. The molecular formula is C12H16N4O2. The summed E-state index contributed by atoms with van der Waals surface area (Å²) >= 11 is 0. The summed E-state index contributed by atoms with van der Waals surface area (Å²) in [5.74, 6) is 1.57. The lowest BCUT2D eigenvalue weighted by Gasteiger charge is -2.17. The maximum absolute atomic E-state index is 11.8. The average Bonchev–Trinajstić information content (AvgIpc) is 2.99. The summed E-state index contributed by atoms with van der Waals surface area (Å²) in [6.07, 6.45) is 5.15. The molecule has 0 aliphatic heterocycles. The zero-order valence-corrected chi connectivity index (χ0v) is 10.5. The Morgan fingerprint density at radius 3 is 3.06 bits per heavy atom. The number of furan rings is 1. The van der Waals surface area contributed by atoms with Gasteiger partial charge < -0.3 is 19.2 Å². The van der Waals surface area contributed by atoms with Crippen molar-refractivity contribution in [3.05, 3.63) is 42.4 Å². The van der Waals surface area contributed by atoms with E-state index >= 15 is 0 Å². The van der Waals surface area contributed by atoms with E-state index in [0.717, 1.165) is 11.6 Å². The van der Waals surface area contributed by atoms with E-state index in [2.05, 4.69) is 10.3 Å². The number of imidazole rings is 1. The molecule has 0 aliphatic carbocycles. The van der Waals surface area contributed by atoms with Gasteiger partial charge in [0.25, 0.3) is 0 Å². The van der Waals surface area contributed by atoms with Crippen LogP contribution in [0, 0.1) is 0 Å². The highest BCUT2D eigenvalue weighted by Gasteiger charge is 2.11. The minimum atomic E-state index is -0.158. The van der Waals surface area contributed by atoms with E-state index in [1.807, 2.05) is 23.9 Å². The number of carbonyl (C=O) groups is 1. The van der Waals surface area contributed by atoms with Gasteiger partial charge in [-0.3, -0.25) is 0 Å². The second-order valence-corrected chi connectivity index (χ2v) is 4.05. The lowest BCUT2D eigenvalue weighted by molar-refractivity contribution is 0.204. The van der Waals surface area contributed by atoms with Gasteiger partial charge in [0, 0.05) is 26.5 Å². The van der Waals surface area contributed by atoms with E-state index in [1.165, 1.54) is 0 Å². The van der Waals surface area contributed by atoms with Crippen LogP contribution in [0.25, 0.3) is 0 Å². The molecule has 0 spiro atoms. The van der Waals surface area contributed by atoms with Gasteiger partial charge in [0.05, 0.1) is 19.4 Å². The Hall–Kier alpha value is -2.24. The van der Waals surface area contributed by atoms with Gasteiger partial charge in [-0.1, -0.05) is 0 Å². The molecule has 1 N–H and O–H groups in total. The van der Waals surface area contributed by atoms with E-state index in [9.17, 15) is 4.79 Å². The number of carbonyl (C=O) groups excluding carboxylic acids is 1. The predicted molar refractivity (Wildman–Crippen MR) is 65.6 cm³/mol. The molecule has 0 unspecified atom stereocenters. The number of aromatic nitrogens is 2. The fourth-order valence-electron chi connectivity index (χ4n) is 1.54. The molecule has 96 valence electrons. The molecule has 2 aromatic heterocycles. The molecule has 0 saturated carbocycles. The Kier molecular flexibility index (Phi) is 3.66. The van der Waals surface area contributed by atoms with Crippen LogP contribution in [-0.2, 0) is 20.1 Å². The molecule has 0 fully saturated rings. The molecular weight excluding hydrogens is 232 g/mol. The highest BCUT2D eigenvalue weighted by Crippen LogP contribution is 2.01. The van der Waals surface area contributed by atoms with E-state index in [4.69, 9.17) is 4.42 Å².